The van der Waals surface area contributed by atoms with Crippen molar-refractivity contribution in [1.29, 1.82) is 0 Å². The zero-order chi connectivity index (χ0) is 15.5. The molecule has 0 unspecified atom stereocenters. The molecule has 0 saturated heterocycles. The minimum atomic E-state index is -5.07. The van der Waals surface area contributed by atoms with Crippen molar-refractivity contribution in [3.05, 3.63) is 0 Å². The third kappa shape index (κ3) is 4.60. The first-order chi connectivity index (χ1) is 9.19. The topological polar surface area (TPSA) is 168 Å². The van der Waals surface area contributed by atoms with E-state index in [9.17, 15) is 28.3 Å². The van der Waals surface area contributed by atoms with Gasteiger partial charge in [0.2, 0.25) is 10.4 Å². The summed E-state index contributed by atoms with van der Waals surface area (Å²) in [5.41, 5.74) is 0. The third-order valence-corrected chi connectivity index (χ3v) is 4.07. The Balaban J connectivity index is 2.66. The summed E-state index contributed by atoms with van der Waals surface area (Å²) in [7, 11) is -5.07. The molecular weight excluding hydrogens is 296 g/mol. The number of hydrogen-bond acceptors (Lipinski definition) is 9. The third-order valence-electron chi connectivity index (χ3n) is 3.59. The maximum Gasteiger partial charge on any atom is 0.218 e. The Morgan fingerprint density at radius 1 is 1.30 bits per heavy atom. The zero-order valence-electron chi connectivity index (χ0n) is 10.6. The number of aliphatic hydroxyl groups is 5. The summed E-state index contributed by atoms with van der Waals surface area (Å²) in [5.74, 6) is -1.17. The van der Waals surface area contributed by atoms with Gasteiger partial charge in [-0.15, -0.1) is 0 Å². The second kappa shape index (κ2) is 7.09. The van der Waals surface area contributed by atoms with Gasteiger partial charge in [-0.2, -0.15) is 0 Å². The van der Waals surface area contributed by atoms with Gasteiger partial charge >= 0.3 is 0 Å². The molecule has 1 saturated carbocycles. The lowest BCUT2D eigenvalue weighted by atomic mass is 9.89. The Labute approximate surface area is 116 Å². The molecule has 0 radical (unpaired) electrons. The van der Waals surface area contributed by atoms with Gasteiger partial charge in [0.05, 0.1) is 24.9 Å². The summed E-state index contributed by atoms with van der Waals surface area (Å²) in [6.45, 7) is -1.30. The fraction of sp³-hybridized carbons (Fsp3) is 1.00. The van der Waals surface area contributed by atoms with Gasteiger partial charge in [0.15, 0.2) is 0 Å². The maximum atomic E-state index is 10.4. The summed E-state index contributed by atoms with van der Waals surface area (Å²) in [6, 6.07) is 0. The molecule has 0 aliphatic heterocycles. The van der Waals surface area contributed by atoms with Crippen LogP contribution in [0.4, 0.5) is 0 Å². The molecule has 1 aliphatic rings. The van der Waals surface area contributed by atoms with Gasteiger partial charge in [-0.05, 0) is 18.8 Å². The minimum absolute atomic E-state index is 0.103. The van der Waals surface area contributed by atoms with Crippen LogP contribution in [0.1, 0.15) is 12.8 Å². The van der Waals surface area contributed by atoms with Crippen molar-refractivity contribution in [3.8, 4) is 0 Å². The Hall–Kier alpha value is -0.330. The Morgan fingerprint density at radius 2 is 1.90 bits per heavy atom. The van der Waals surface area contributed by atoms with Crippen molar-refractivity contribution in [2.45, 2.75) is 37.3 Å². The Bertz CT molecular complexity index is 398. The van der Waals surface area contributed by atoms with E-state index in [1.807, 2.05) is 0 Å². The molecule has 0 aromatic heterocycles. The summed E-state index contributed by atoms with van der Waals surface area (Å²) in [6.07, 6.45) is -5.34. The quantitative estimate of drug-likeness (QED) is 0.242. The maximum absolute atomic E-state index is 10.4. The zero-order valence-corrected chi connectivity index (χ0v) is 11.4. The van der Waals surface area contributed by atoms with Crippen molar-refractivity contribution in [2.24, 2.45) is 11.8 Å². The van der Waals surface area contributed by atoms with Crippen LogP contribution in [0.25, 0.3) is 0 Å². The SMILES string of the molecule is O=S(=O)([O-])O[C@@H](CO)[C@H](O)C[C@@H]1C[C@@H](O)[C@H](O)[C@H]1CO. The van der Waals surface area contributed by atoms with E-state index in [-0.39, 0.29) is 12.8 Å². The molecule has 0 spiro atoms. The number of aliphatic hydroxyl groups excluding tert-OH is 5. The summed E-state index contributed by atoms with van der Waals surface area (Å²) in [5, 5.41) is 47.0. The largest absolute Gasteiger partial charge is 0.726 e. The van der Waals surface area contributed by atoms with Crippen molar-refractivity contribution in [3.63, 3.8) is 0 Å². The van der Waals surface area contributed by atoms with E-state index in [0.717, 1.165) is 0 Å². The first kappa shape index (κ1) is 17.7. The first-order valence-corrected chi connectivity index (χ1v) is 7.43. The van der Waals surface area contributed by atoms with E-state index < -0.39 is 59.9 Å². The van der Waals surface area contributed by atoms with Crippen molar-refractivity contribution < 1.29 is 42.7 Å². The van der Waals surface area contributed by atoms with E-state index in [4.69, 9.17) is 10.2 Å². The fourth-order valence-electron chi connectivity index (χ4n) is 2.55. The van der Waals surface area contributed by atoms with Crippen LogP contribution in [0.3, 0.4) is 0 Å². The average molecular weight is 315 g/mol. The summed E-state index contributed by atoms with van der Waals surface area (Å²) >= 11 is 0. The van der Waals surface area contributed by atoms with Gasteiger partial charge in [0, 0.05) is 12.5 Å². The standard InChI is InChI=1S/C10H20O9S/c11-3-6-5(2-8(14)10(6)15)1-7(13)9(4-12)19-20(16,17)18/h5-15H,1-4H2,(H,16,17,18)/p-1/t5-,6+,7-,8-,9+,10-/m1/s1. The van der Waals surface area contributed by atoms with Gasteiger partial charge in [-0.1, -0.05) is 0 Å². The van der Waals surface area contributed by atoms with Crippen LogP contribution in [-0.4, -0.2) is 76.1 Å². The molecule has 0 aromatic carbocycles. The van der Waals surface area contributed by atoms with E-state index in [1.54, 1.807) is 0 Å². The molecule has 5 N–H and O–H groups in total. The normalized spacial score (nSPS) is 34.1. The summed E-state index contributed by atoms with van der Waals surface area (Å²) < 4.78 is 35.4. The van der Waals surface area contributed by atoms with Gasteiger partial charge in [-0.25, -0.2) is 8.42 Å². The van der Waals surface area contributed by atoms with Crippen LogP contribution >= 0.6 is 0 Å². The molecule has 1 fully saturated rings. The van der Waals surface area contributed by atoms with Gasteiger partial charge in [0.25, 0.3) is 0 Å². The predicted molar refractivity (Wildman–Crippen MR) is 63.0 cm³/mol. The predicted octanol–water partition coefficient (Wildman–Crippen LogP) is -3.07. The van der Waals surface area contributed by atoms with Crippen LogP contribution in [0, 0.1) is 11.8 Å². The minimum Gasteiger partial charge on any atom is -0.726 e. The first-order valence-electron chi connectivity index (χ1n) is 6.09. The van der Waals surface area contributed by atoms with Crippen molar-refractivity contribution >= 4 is 10.4 Å². The van der Waals surface area contributed by atoms with Crippen LogP contribution in [0.2, 0.25) is 0 Å². The molecule has 0 bridgehead atoms. The lowest BCUT2D eigenvalue weighted by Crippen LogP contribution is -2.37. The highest BCUT2D eigenvalue weighted by molar-refractivity contribution is 7.80. The van der Waals surface area contributed by atoms with Crippen molar-refractivity contribution in [1.82, 2.24) is 0 Å². The molecule has 20 heavy (non-hydrogen) atoms. The summed E-state index contributed by atoms with van der Waals surface area (Å²) in [4.78, 5) is 0. The van der Waals surface area contributed by atoms with E-state index >= 15 is 0 Å². The number of hydrogen-bond donors (Lipinski definition) is 5. The van der Waals surface area contributed by atoms with E-state index in [0.29, 0.717) is 0 Å². The second-order valence-electron chi connectivity index (χ2n) is 4.93. The lowest BCUT2D eigenvalue weighted by Gasteiger charge is -2.26. The van der Waals surface area contributed by atoms with Crippen molar-refractivity contribution in [2.75, 3.05) is 13.2 Å². The van der Waals surface area contributed by atoms with Gasteiger partial charge in [0.1, 0.15) is 6.10 Å². The molecule has 120 valence electrons. The Morgan fingerprint density at radius 3 is 2.35 bits per heavy atom. The second-order valence-corrected chi connectivity index (χ2v) is 5.94. The highest BCUT2D eigenvalue weighted by atomic mass is 32.3. The van der Waals surface area contributed by atoms with E-state index in [2.05, 4.69) is 4.18 Å². The molecule has 0 heterocycles. The smallest absolute Gasteiger partial charge is 0.218 e. The van der Waals surface area contributed by atoms with Crippen LogP contribution in [-0.2, 0) is 14.6 Å². The average Bonchev–Trinajstić information content (AvgIpc) is 2.60. The van der Waals surface area contributed by atoms with Crippen LogP contribution < -0.4 is 0 Å². The Kier molecular flexibility index (Phi) is 6.28. The highest BCUT2D eigenvalue weighted by Gasteiger charge is 2.42. The highest BCUT2D eigenvalue weighted by Crippen LogP contribution is 2.36. The van der Waals surface area contributed by atoms with Gasteiger partial charge in [-0.3, -0.25) is 4.18 Å². The molecule has 1 rings (SSSR count). The molecule has 10 heteroatoms. The lowest BCUT2D eigenvalue weighted by molar-refractivity contribution is -0.0241. The monoisotopic (exact) mass is 315 g/mol. The van der Waals surface area contributed by atoms with Crippen LogP contribution in [0.5, 0.6) is 0 Å². The molecule has 6 atom stereocenters. The molecule has 0 aromatic rings. The number of rotatable bonds is 7. The molecule has 0 amide bonds. The molecule has 1 aliphatic carbocycles. The van der Waals surface area contributed by atoms with Crippen LogP contribution in [0.15, 0.2) is 0 Å². The molecular formula is C10H19O9S-. The fourth-order valence-corrected chi connectivity index (χ4v) is 3.04. The van der Waals surface area contributed by atoms with Gasteiger partial charge < -0.3 is 30.1 Å². The van der Waals surface area contributed by atoms with E-state index in [1.165, 1.54) is 0 Å². The molecule has 9 nitrogen and oxygen atoms in total.